The Morgan fingerprint density at radius 2 is 2.10 bits per heavy atom. The summed E-state index contributed by atoms with van der Waals surface area (Å²) in [6, 6.07) is 6.18. The Morgan fingerprint density at radius 3 is 2.75 bits per heavy atom. The first kappa shape index (κ1) is 13.3. The lowest BCUT2D eigenvalue weighted by Crippen LogP contribution is -2.26. The van der Waals surface area contributed by atoms with Gasteiger partial charge in [0.05, 0.1) is 11.6 Å². The number of hydrogen-bond donors (Lipinski definition) is 1. The monoisotopic (exact) mass is 338 g/mol. The van der Waals surface area contributed by atoms with Crippen LogP contribution in [-0.4, -0.2) is 20.6 Å². The minimum absolute atomic E-state index is 0.285. The average molecular weight is 339 g/mol. The highest BCUT2D eigenvalue weighted by atomic mass is 79.9. The lowest BCUT2D eigenvalue weighted by atomic mass is 9.96. The fourth-order valence-electron chi connectivity index (χ4n) is 2.56. The molecule has 1 aromatic heterocycles. The van der Waals surface area contributed by atoms with Gasteiger partial charge in [0.25, 0.3) is 0 Å². The van der Waals surface area contributed by atoms with E-state index in [1.165, 1.54) is 12.1 Å². The minimum Gasteiger partial charge on any atom is -0.481 e. The highest BCUT2D eigenvalue weighted by Gasteiger charge is 2.28. The van der Waals surface area contributed by atoms with Gasteiger partial charge in [-0.2, -0.15) is 0 Å². The van der Waals surface area contributed by atoms with Gasteiger partial charge < -0.3 is 9.67 Å². The van der Waals surface area contributed by atoms with Crippen molar-refractivity contribution in [3.8, 4) is 11.3 Å². The van der Waals surface area contributed by atoms with E-state index < -0.39 is 5.97 Å². The number of carboxylic acids is 1. The van der Waals surface area contributed by atoms with E-state index in [2.05, 4.69) is 20.9 Å². The molecule has 1 atom stereocenters. The Balaban J connectivity index is 2.02. The van der Waals surface area contributed by atoms with Gasteiger partial charge in [-0.15, -0.1) is 0 Å². The van der Waals surface area contributed by atoms with Crippen molar-refractivity contribution in [3.05, 3.63) is 40.5 Å². The minimum atomic E-state index is -0.778. The second kappa shape index (κ2) is 5.01. The van der Waals surface area contributed by atoms with Gasteiger partial charge in [0.15, 0.2) is 4.73 Å². The first-order chi connectivity index (χ1) is 9.56. The van der Waals surface area contributed by atoms with Gasteiger partial charge in [0, 0.05) is 17.8 Å². The fraction of sp³-hybridized carbons (Fsp3) is 0.286. The highest BCUT2D eigenvalue weighted by molar-refractivity contribution is 9.10. The molecule has 1 aliphatic rings. The molecule has 104 valence electrons. The van der Waals surface area contributed by atoms with Crippen LogP contribution in [0.1, 0.15) is 12.1 Å². The molecule has 1 aromatic carbocycles. The van der Waals surface area contributed by atoms with E-state index in [1.54, 1.807) is 12.1 Å². The quantitative estimate of drug-likeness (QED) is 0.915. The van der Waals surface area contributed by atoms with Crippen molar-refractivity contribution < 1.29 is 14.3 Å². The number of imidazole rings is 1. The van der Waals surface area contributed by atoms with Crippen LogP contribution in [0.3, 0.4) is 0 Å². The van der Waals surface area contributed by atoms with Crippen molar-refractivity contribution >= 4 is 21.9 Å². The molecule has 0 radical (unpaired) electrons. The maximum atomic E-state index is 13.0. The molecule has 6 heteroatoms. The maximum Gasteiger partial charge on any atom is 0.308 e. The molecule has 0 saturated carbocycles. The summed E-state index contributed by atoms with van der Waals surface area (Å²) in [6.45, 7) is 0.416. The van der Waals surface area contributed by atoms with Crippen molar-refractivity contribution in [1.29, 1.82) is 0 Å². The molecular weight excluding hydrogens is 327 g/mol. The van der Waals surface area contributed by atoms with Crippen LogP contribution in [0.15, 0.2) is 29.0 Å². The third kappa shape index (κ3) is 2.24. The smallest absolute Gasteiger partial charge is 0.308 e. The zero-order valence-electron chi connectivity index (χ0n) is 10.5. The lowest BCUT2D eigenvalue weighted by molar-refractivity contribution is -0.142. The molecule has 1 N–H and O–H groups in total. The topological polar surface area (TPSA) is 55.1 Å². The molecule has 4 nitrogen and oxygen atoms in total. The van der Waals surface area contributed by atoms with E-state index >= 15 is 0 Å². The largest absolute Gasteiger partial charge is 0.481 e. The second-order valence-electron chi connectivity index (χ2n) is 4.87. The lowest BCUT2D eigenvalue weighted by Gasteiger charge is -2.22. The Bertz CT molecular complexity index is 667. The fourth-order valence-corrected chi connectivity index (χ4v) is 3.09. The van der Waals surface area contributed by atoms with Crippen LogP contribution < -0.4 is 0 Å². The highest BCUT2D eigenvalue weighted by Crippen LogP contribution is 2.32. The number of nitrogens with zero attached hydrogens (tertiary/aromatic N) is 2. The first-order valence-corrected chi connectivity index (χ1v) is 7.09. The summed E-state index contributed by atoms with van der Waals surface area (Å²) in [5.41, 5.74) is 2.64. The summed E-state index contributed by atoms with van der Waals surface area (Å²) < 4.78 is 15.5. The molecule has 3 rings (SSSR count). The molecule has 0 amide bonds. The van der Waals surface area contributed by atoms with E-state index in [1.807, 2.05) is 4.57 Å². The number of aliphatic carboxylic acids is 1. The third-order valence-corrected chi connectivity index (χ3v) is 4.23. The number of benzene rings is 1. The first-order valence-electron chi connectivity index (χ1n) is 6.30. The van der Waals surface area contributed by atoms with Gasteiger partial charge in [0.2, 0.25) is 0 Å². The molecule has 0 spiro atoms. The van der Waals surface area contributed by atoms with Gasteiger partial charge >= 0.3 is 5.97 Å². The number of hydrogen-bond acceptors (Lipinski definition) is 2. The summed E-state index contributed by atoms with van der Waals surface area (Å²) in [7, 11) is 0. The van der Waals surface area contributed by atoms with E-state index in [0.29, 0.717) is 24.1 Å². The Hall–Kier alpha value is -1.69. The SMILES string of the molecule is O=C(O)C1CCc2c(-c3ccc(F)cc3)nc(Br)n2C1. The van der Waals surface area contributed by atoms with Crippen LogP contribution in [0.25, 0.3) is 11.3 Å². The van der Waals surface area contributed by atoms with Crippen molar-refractivity contribution in [3.63, 3.8) is 0 Å². The van der Waals surface area contributed by atoms with Crippen molar-refractivity contribution in [2.75, 3.05) is 0 Å². The number of carboxylic acid groups (broad SMARTS) is 1. The molecule has 2 heterocycles. The molecule has 20 heavy (non-hydrogen) atoms. The third-order valence-electron chi connectivity index (χ3n) is 3.63. The van der Waals surface area contributed by atoms with Crippen LogP contribution in [0, 0.1) is 11.7 Å². The Morgan fingerprint density at radius 1 is 1.40 bits per heavy atom. The number of carbonyl (C=O) groups is 1. The van der Waals surface area contributed by atoms with Gasteiger partial charge in [-0.3, -0.25) is 4.79 Å². The summed E-state index contributed by atoms with van der Waals surface area (Å²) in [6.07, 6.45) is 1.25. The zero-order chi connectivity index (χ0) is 14.3. The van der Waals surface area contributed by atoms with E-state index in [9.17, 15) is 9.18 Å². The van der Waals surface area contributed by atoms with Crippen molar-refractivity contribution in [1.82, 2.24) is 9.55 Å². The predicted molar refractivity (Wildman–Crippen MR) is 74.8 cm³/mol. The molecule has 0 aliphatic carbocycles. The standard InChI is InChI=1S/C14H12BrFN2O2/c15-14-17-12(8-1-4-10(16)5-2-8)11-6-3-9(13(19)20)7-18(11)14/h1-2,4-5,9H,3,6-7H2,(H,19,20). The van der Waals surface area contributed by atoms with Crippen molar-refractivity contribution in [2.24, 2.45) is 5.92 Å². The summed E-state index contributed by atoms with van der Waals surface area (Å²) in [5.74, 6) is -1.44. The summed E-state index contributed by atoms with van der Waals surface area (Å²) >= 11 is 3.38. The number of rotatable bonds is 2. The zero-order valence-corrected chi connectivity index (χ0v) is 12.1. The normalized spacial score (nSPS) is 17.8. The van der Waals surface area contributed by atoms with Crippen LogP contribution in [0.2, 0.25) is 0 Å². The summed E-state index contributed by atoms with van der Waals surface area (Å²) in [5, 5.41) is 9.12. The molecule has 1 unspecified atom stereocenters. The molecule has 0 fully saturated rings. The Labute approximate surface area is 123 Å². The van der Waals surface area contributed by atoms with Crippen molar-refractivity contribution in [2.45, 2.75) is 19.4 Å². The van der Waals surface area contributed by atoms with Gasteiger partial charge in [-0.1, -0.05) is 0 Å². The molecule has 0 saturated heterocycles. The Kier molecular flexibility index (Phi) is 3.33. The number of fused-ring (bicyclic) bond motifs is 1. The molecule has 0 bridgehead atoms. The molecule has 2 aromatic rings. The van der Waals surface area contributed by atoms with Gasteiger partial charge in [-0.25, -0.2) is 9.37 Å². The van der Waals surface area contributed by atoms with Crippen LogP contribution in [0.5, 0.6) is 0 Å². The molecular formula is C14H12BrFN2O2. The van der Waals surface area contributed by atoms with Crippen LogP contribution in [-0.2, 0) is 17.8 Å². The van der Waals surface area contributed by atoms with Gasteiger partial charge in [-0.05, 0) is 53.0 Å². The second-order valence-corrected chi connectivity index (χ2v) is 5.58. The summed E-state index contributed by atoms with van der Waals surface area (Å²) in [4.78, 5) is 15.5. The van der Waals surface area contributed by atoms with Crippen LogP contribution >= 0.6 is 15.9 Å². The number of halogens is 2. The number of aromatic nitrogens is 2. The average Bonchev–Trinajstić information content (AvgIpc) is 2.76. The maximum absolute atomic E-state index is 13.0. The van der Waals surface area contributed by atoms with Crippen LogP contribution in [0.4, 0.5) is 4.39 Å². The van der Waals surface area contributed by atoms with Gasteiger partial charge in [0.1, 0.15) is 5.82 Å². The molecule has 1 aliphatic heterocycles. The van der Waals surface area contributed by atoms with E-state index in [4.69, 9.17) is 5.11 Å². The van der Waals surface area contributed by atoms with E-state index in [-0.39, 0.29) is 11.7 Å². The predicted octanol–water partition coefficient (Wildman–Crippen LogP) is 3.10. The van der Waals surface area contributed by atoms with E-state index in [0.717, 1.165) is 17.0 Å².